The summed E-state index contributed by atoms with van der Waals surface area (Å²) >= 11 is 0. The summed E-state index contributed by atoms with van der Waals surface area (Å²) in [5.74, 6) is 0. The Hall–Kier alpha value is -1.50. The average Bonchev–Trinajstić information content (AvgIpc) is 3.00. The first-order valence-corrected chi connectivity index (χ1v) is 9.31. The highest BCUT2D eigenvalue weighted by molar-refractivity contribution is 5.47. The molecule has 4 rings (SSSR count). The highest BCUT2D eigenvalue weighted by atomic mass is 16.5. The number of ether oxygens (including phenoxy) is 2. The number of methoxy groups -OCH3 is 1. The highest BCUT2D eigenvalue weighted by Gasteiger charge is 2.44. The maximum Gasteiger partial charge on any atom is 0.159 e. The molecule has 4 heterocycles. The molecule has 0 bridgehead atoms. The van der Waals surface area contributed by atoms with Crippen molar-refractivity contribution in [3.8, 4) is 0 Å². The molecule has 1 spiro atoms. The van der Waals surface area contributed by atoms with Gasteiger partial charge in [-0.25, -0.2) is 9.50 Å². The minimum Gasteiger partial charge on any atom is -0.378 e. The van der Waals surface area contributed by atoms with Crippen molar-refractivity contribution >= 4 is 5.65 Å². The largest absolute Gasteiger partial charge is 0.378 e. The Morgan fingerprint density at radius 3 is 2.88 bits per heavy atom. The van der Waals surface area contributed by atoms with Crippen LogP contribution in [0, 0.1) is 13.8 Å². The molecular weight excluding hydrogens is 316 g/mol. The summed E-state index contributed by atoms with van der Waals surface area (Å²) in [6.07, 6.45) is 6.51. The van der Waals surface area contributed by atoms with Gasteiger partial charge in [-0.1, -0.05) is 0 Å². The standard InChI is InChI=1S/C19H28N4O2/c1-14-11-15(2)23-18(21-14)16(12-20-23)13-22-8-6-19(7-9-22)17(24-3)5-4-10-25-19/h11-12,17H,4-10,13H2,1-3H3/t17-/m1/s1. The first kappa shape index (κ1) is 16.9. The first-order valence-electron chi connectivity index (χ1n) is 9.31. The quantitative estimate of drug-likeness (QED) is 0.856. The second-order valence-corrected chi connectivity index (χ2v) is 7.50. The molecule has 0 aromatic carbocycles. The number of aryl methyl sites for hydroxylation is 2. The Labute approximate surface area is 149 Å². The molecule has 0 amide bonds. The van der Waals surface area contributed by atoms with Crippen LogP contribution in [0.3, 0.4) is 0 Å². The number of rotatable bonds is 3. The molecule has 2 fully saturated rings. The molecule has 0 aliphatic carbocycles. The van der Waals surface area contributed by atoms with Gasteiger partial charge in [-0.05, 0) is 45.6 Å². The SMILES string of the molecule is CO[C@@H]1CCCOC12CCN(Cc1cnn3c(C)cc(C)nc13)CC2. The van der Waals surface area contributed by atoms with E-state index >= 15 is 0 Å². The van der Waals surface area contributed by atoms with E-state index in [1.807, 2.05) is 24.7 Å². The molecule has 25 heavy (non-hydrogen) atoms. The zero-order chi connectivity index (χ0) is 17.4. The van der Waals surface area contributed by atoms with E-state index in [1.54, 1.807) is 0 Å². The zero-order valence-electron chi connectivity index (χ0n) is 15.5. The second kappa shape index (κ2) is 6.67. The lowest BCUT2D eigenvalue weighted by Crippen LogP contribution is -2.55. The Balaban J connectivity index is 1.47. The Kier molecular flexibility index (Phi) is 4.52. The monoisotopic (exact) mass is 344 g/mol. The van der Waals surface area contributed by atoms with Crippen molar-refractivity contribution in [1.82, 2.24) is 19.5 Å². The lowest BCUT2D eigenvalue weighted by molar-refractivity contribution is -0.186. The molecule has 0 N–H and O–H groups in total. The zero-order valence-corrected chi connectivity index (χ0v) is 15.5. The van der Waals surface area contributed by atoms with Crippen LogP contribution >= 0.6 is 0 Å². The minimum absolute atomic E-state index is 0.0734. The Morgan fingerprint density at radius 1 is 1.32 bits per heavy atom. The normalized spacial score (nSPS) is 24.2. The molecule has 6 heteroatoms. The van der Waals surface area contributed by atoms with Crippen LogP contribution in [0.4, 0.5) is 0 Å². The third-order valence-corrected chi connectivity index (χ3v) is 5.82. The van der Waals surface area contributed by atoms with Crippen LogP contribution < -0.4 is 0 Å². The molecule has 0 radical (unpaired) electrons. The molecule has 1 atom stereocenters. The van der Waals surface area contributed by atoms with Gasteiger partial charge >= 0.3 is 0 Å². The summed E-state index contributed by atoms with van der Waals surface area (Å²) in [4.78, 5) is 7.19. The number of aromatic nitrogens is 3. The fourth-order valence-corrected chi connectivity index (χ4v) is 4.46. The minimum atomic E-state index is -0.0734. The maximum atomic E-state index is 6.21. The maximum absolute atomic E-state index is 6.21. The molecule has 6 nitrogen and oxygen atoms in total. The van der Waals surface area contributed by atoms with Crippen molar-refractivity contribution < 1.29 is 9.47 Å². The van der Waals surface area contributed by atoms with Crippen molar-refractivity contribution in [3.05, 3.63) is 29.2 Å². The number of nitrogens with zero attached hydrogens (tertiary/aromatic N) is 4. The third kappa shape index (κ3) is 3.07. The number of fused-ring (bicyclic) bond motifs is 1. The van der Waals surface area contributed by atoms with Gasteiger partial charge in [0.15, 0.2) is 5.65 Å². The van der Waals surface area contributed by atoms with Crippen LogP contribution in [-0.2, 0) is 16.0 Å². The second-order valence-electron chi connectivity index (χ2n) is 7.50. The van der Waals surface area contributed by atoms with Crippen molar-refractivity contribution in [2.45, 2.75) is 57.8 Å². The summed E-state index contributed by atoms with van der Waals surface area (Å²) in [6.45, 7) is 7.95. The predicted octanol–water partition coefficient (Wildman–Crippen LogP) is 2.51. The van der Waals surface area contributed by atoms with Gasteiger partial charge < -0.3 is 9.47 Å². The van der Waals surface area contributed by atoms with Crippen LogP contribution in [0.5, 0.6) is 0 Å². The van der Waals surface area contributed by atoms with E-state index in [-0.39, 0.29) is 11.7 Å². The average molecular weight is 344 g/mol. The smallest absolute Gasteiger partial charge is 0.159 e. The molecule has 136 valence electrons. The lowest BCUT2D eigenvalue weighted by atomic mass is 9.82. The van der Waals surface area contributed by atoms with E-state index in [0.717, 1.165) is 69.0 Å². The fraction of sp³-hybridized carbons (Fsp3) is 0.684. The topological polar surface area (TPSA) is 51.9 Å². The van der Waals surface area contributed by atoms with Crippen LogP contribution in [0.2, 0.25) is 0 Å². The van der Waals surface area contributed by atoms with Gasteiger partial charge in [0.25, 0.3) is 0 Å². The number of likely N-dealkylation sites (tertiary alicyclic amines) is 1. The van der Waals surface area contributed by atoms with E-state index in [2.05, 4.69) is 23.0 Å². The molecular formula is C19H28N4O2. The summed E-state index contributed by atoms with van der Waals surface area (Å²) in [5, 5.41) is 4.52. The molecule has 0 unspecified atom stereocenters. The van der Waals surface area contributed by atoms with Gasteiger partial charge in [0.1, 0.15) is 0 Å². The van der Waals surface area contributed by atoms with Crippen molar-refractivity contribution in [1.29, 1.82) is 0 Å². The molecule has 2 aromatic rings. The first-order chi connectivity index (χ1) is 12.1. The van der Waals surface area contributed by atoms with Crippen LogP contribution in [0.25, 0.3) is 5.65 Å². The lowest BCUT2D eigenvalue weighted by Gasteiger charge is -2.48. The fourth-order valence-electron chi connectivity index (χ4n) is 4.46. The van der Waals surface area contributed by atoms with E-state index in [9.17, 15) is 0 Å². The van der Waals surface area contributed by atoms with Gasteiger partial charge in [0, 0.05) is 50.3 Å². The van der Waals surface area contributed by atoms with Gasteiger partial charge in [-0.2, -0.15) is 5.10 Å². The van der Waals surface area contributed by atoms with Gasteiger partial charge in [0.2, 0.25) is 0 Å². The summed E-state index contributed by atoms with van der Waals surface area (Å²) in [5.41, 5.74) is 4.29. The Bertz CT molecular complexity index is 749. The van der Waals surface area contributed by atoms with Crippen molar-refractivity contribution in [2.24, 2.45) is 0 Å². The van der Waals surface area contributed by atoms with Gasteiger partial charge in [-0.3, -0.25) is 4.90 Å². The van der Waals surface area contributed by atoms with Crippen LogP contribution in [-0.4, -0.2) is 58.0 Å². The summed E-state index contributed by atoms with van der Waals surface area (Å²) < 4.78 is 13.9. The van der Waals surface area contributed by atoms with E-state index in [0.29, 0.717) is 0 Å². The van der Waals surface area contributed by atoms with Crippen molar-refractivity contribution in [2.75, 3.05) is 26.8 Å². The van der Waals surface area contributed by atoms with Crippen molar-refractivity contribution in [3.63, 3.8) is 0 Å². The molecule has 2 aromatic heterocycles. The Morgan fingerprint density at radius 2 is 2.12 bits per heavy atom. The molecule has 2 saturated heterocycles. The van der Waals surface area contributed by atoms with Gasteiger partial charge in [0.05, 0.1) is 17.9 Å². The molecule has 2 aliphatic rings. The predicted molar refractivity (Wildman–Crippen MR) is 95.7 cm³/mol. The number of hydrogen-bond donors (Lipinski definition) is 0. The van der Waals surface area contributed by atoms with E-state index in [4.69, 9.17) is 14.5 Å². The van der Waals surface area contributed by atoms with E-state index in [1.165, 1.54) is 5.56 Å². The molecule has 0 saturated carbocycles. The van der Waals surface area contributed by atoms with Gasteiger partial charge in [-0.15, -0.1) is 0 Å². The highest BCUT2D eigenvalue weighted by Crippen LogP contribution is 2.37. The van der Waals surface area contributed by atoms with Crippen LogP contribution in [0.1, 0.15) is 42.6 Å². The summed E-state index contributed by atoms with van der Waals surface area (Å²) in [7, 11) is 1.82. The number of hydrogen-bond acceptors (Lipinski definition) is 5. The summed E-state index contributed by atoms with van der Waals surface area (Å²) in [6, 6.07) is 2.07. The van der Waals surface area contributed by atoms with Crippen LogP contribution in [0.15, 0.2) is 12.3 Å². The molecule has 2 aliphatic heterocycles. The number of piperidine rings is 1. The third-order valence-electron chi connectivity index (χ3n) is 5.82. The van der Waals surface area contributed by atoms with E-state index < -0.39 is 0 Å².